The fourth-order valence-electron chi connectivity index (χ4n) is 4.74. The van der Waals surface area contributed by atoms with Gasteiger partial charge in [-0.25, -0.2) is 0 Å². The number of nitrogens with zero attached hydrogens (tertiary/aromatic N) is 3. The highest BCUT2D eigenvalue weighted by atomic mass is 32.1. The minimum atomic E-state index is -0.0937. The summed E-state index contributed by atoms with van der Waals surface area (Å²) in [5, 5.41) is 4.20. The topological polar surface area (TPSA) is 42.3 Å². The van der Waals surface area contributed by atoms with Gasteiger partial charge >= 0.3 is 0 Å². The molecule has 0 unspecified atom stereocenters. The van der Waals surface area contributed by atoms with Gasteiger partial charge in [-0.1, -0.05) is 42.0 Å². The normalized spacial score (nSPS) is 17.0. The van der Waals surface area contributed by atoms with E-state index in [1.54, 1.807) is 0 Å². The van der Waals surface area contributed by atoms with Crippen LogP contribution in [0.1, 0.15) is 28.9 Å². The van der Waals surface area contributed by atoms with E-state index in [1.165, 1.54) is 5.56 Å². The summed E-state index contributed by atoms with van der Waals surface area (Å²) in [4.78, 5) is 6.83. The smallest absolute Gasteiger partial charge is 0.174 e. The van der Waals surface area contributed by atoms with E-state index in [4.69, 9.17) is 17.0 Å². The summed E-state index contributed by atoms with van der Waals surface area (Å²) in [6.07, 6.45) is 6.10. The highest BCUT2D eigenvalue weighted by molar-refractivity contribution is 7.80. The van der Waals surface area contributed by atoms with E-state index < -0.39 is 0 Å². The highest BCUT2D eigenvalue weighted by Crippen LogP contribution is 2.42. The van der Waals surface area contributed by atoms with Gasteiger partial charge in [-0.2, -0.15) is 0 Å². The molecule has 1 aliphatic heterocycles. The molecule has 0 saturated carbocycles. The van der Waals surface area contributed by atoms with E-state index in [2.05, 4.69) is 69.4 Å². The molecule has 5 nitrogen and oxygen atoms in total. The summed E-state index contributed by atoms with van der Waals surface area (Å²) in [7, 11) is 0. The SMILES string of the molecule is Cc1ccc(Oc2ccc(N3C(=S)N[C@H](c4ccccn4)[C@H]3c3ccn(-c4ccccc4)c3)cc2)cc1. The van der Waals surface area contributed by atoms with E-state index >= 15 is 0 Å². The second kappa shape index (κ2) is 9.91. The fraction of sp³-hybridized carbons (Fsp3) is 0.0968. The van der Waals surface area contributed by atoms with Gasteiger partial charge in [0.1, 0.15) is 11.5 Å². The standard InChI is InChI=1S/C31H26N4OS/c1-22-10-14-26(15-11-22)36-27-16-12-25(13-17-27)35-30(29(33-31(35)37)28-9-5-6-19-32-28)23-18-20-34(21-23)24-7-3-2-4-8-24/h2-21,29-30H,1H3,(H,33,37)/t29-,30-/m1/s1. The molecule has 37 heavy (non-hydrogen) atoms. The highest BCUT2D eigenvalue weighted by Gasteiger charge is 2.41. The van der Waals surface area contributed by atoms with Crippen LogP contribution < -0.4 is 15.0 Å². The molecule has 1 N–H and O–H groups in total. The number of thiocarbonyl (C=S) groups is 1. The first-order valence-corrected chi connectivity index (χ1v) is 12.6. The molecule has 5 aromatic rings. The van der Waals surface area contributed by atoms with Gasteiger partial charge in [0.05, 0.1) is 17.8 Å². The van der Waals surface area contributed by atoms with Gasteiger partial charge in [0, 0.05) is 30.0 Å². The summed E-state index contributed by atoms with van der Waals surface area (Å²) in [6, 6.07) is 34.4. The molecule has 0 radical (unpaired) electrons. The lowest BCUT2D eigenvalue weighted by Crippen LogP contribution is -2.29. The minimum absolute atomic E-state index is 0.0729. The van der Waals surface area contributed by atoms with E-state index in [0.717, 1.165) is 34.1 Å². The first kappa shape index (κ1) is 23.0. The van der Waals surface area contributed by atoms with Crippen molar-refractivity contribution in [2.45, 2.75) is 19.0 Å². The van der Waals surface area contributed by atoms with Crippen LogP contribution in [-0.4, -0.2) is 14.7 Å². The number of ether oxygens (including phenoxy) is 1. The quantitative estimate of drug-likeness (QED) is 0.250. The maximum absolute atomic E-state index is 6.05. The summed E-state index contributed by atoms with van der Waals surface area (Å²) in [5.41, 5.74) is 5.40. The third kappa shape index (κ3) is 4.71. The van der Waals surface area contributed by atoms with Gasteiger partial charge < -0.3 is 19.5 Å². The Balaban J connectivity index is 1.34. The Morgan fingerprint density at radius 1 is 0.784 bits per heavy atom. The molecule has 1 aliphatic rings. The molecule has 0 amide bonds. The van der Waals surface area contributed by atoms with Crippen molar-refractivity contribution in [1.82, 2.24) is 14.9 Å². The Kier molecular flexibility index (Phi) is 6.16. The monoisotopic (exact) mass is 502 g/mol. The molecule has 2 atom stereocenters. The average molecular weight is 503 g/mol. The maximum atomic E-state index is 6.05. The summed E-state index contributed by atoms with van der Waals surface area (Å²) in [6.45, 7) is 2.06. The molecular weight excluding hydrogens is 476 g/mol. The second-order valence-corrected chi connectivity index (χ2v) is 9.48. The van der Waals surface area contributed by atoms with Crippen molar-refractivity contribution in [3.05, 3.63) is 139 Å². The van der Waals surface area contributed by atoms with Crippen LogP contribution in [-0.2, 0) is 0 Å². The van der Waals surface area contributed by atoms with E-state index in [0.29, 0.717) is 5.11 Å². The molecule has 3 aromatic carbocycles. The number of nitrogens with one attached hydrogen (secondary N) is 1. The zero-order chi connectivity index (χ0) is 25.2. The Morgan fingerprint density at radius 3 is 2.19 bits per heavy atom. The van der Waals surface area contributed by atoms with Crippen LogP contribution in [0, 0.1) is 6.92 Å². The van der Waals surface area contributed by atoms with Crippen LogP contribution in [0.3, 0.4) is 0 Å². The third-order valence-electron chi connectivity index (χ3n) is 6.58. The van der Waals surface area contributed by atoms with E-state index in [1.807, 2.05) is 79.0 Å². The summed E-state index contributed by atoms with van der Waals surface area (Å²) in [5.74, 6) is 1.59. The Labute approximate surface area is 222 Å². The van der Waals surface area contributed by atoms with Gasteiger partial charge in [0.15, 0.2) is 5.11 Å². The van der Waals surface area contributed by atoms with Crippen molar-refractivity contribution in [3.8, 4) is 17.2 Å². The molecule has 6 rings (SSSR count). The number of para-hydroxylation sites is 1. The molecule has 1 saturated heterocycles. The van der Waals surface area contributed by atoms with Crippen LogP contribution in [0.15, 0.2) is 122 Å². The molecule has 6 heteroatoms. The van der Waals surface area contributed by atoms with Gasteiger partial charge in [-0.15, -0.1) is 0 Å². The van der Waals surface area contributed by atoms with Crippen molar-refractivity contribution in [2.75, 3.05) is 4.90 Å². The number of anilines is 1. The van der Waals surface area contributed by atoms with Crippen molar-refractivity contribution in [1.29, 1.82) is 0 Å². The summed E-state index contributed by atoms with van der Waals surface area (Å²) < 4.78 is 8.19. The van der Waals surface area contributed by atoms with Crippen LogP contribution in [0.2, 0.25) is 0 Å². The van der Waals surface area contributed by atoms with Crippen molar-refractivity contribution < 1.29 is 4.74 Å². The number of rotatable bonds is 6. The van der Waals surface area contributed by atoms with E-state index in [9.17, 15) is 0 Å². The first-order chi connectivity index (χ1) is 18.2. The first-order valence-electron chi connectivity index (χ1n) is 12.2. The van der Waals surface area contributed by atoms with Crippen molar-refractivity contribution in [3.63, 3.8) is 0 Å². The molecule has 1 fully saturated rings. The van der Waals surface area contributed by atoms with Crippen LogP contribution in [0.25, 0.3) is 5.69 Å². The Morgan fingerprint density at radius 2 is 1.49 bits per heavy atom. The van der Waals surface area contributed by atoms with Crippen LogP contribution in [0.5, 0.6) is 11.5 Å². The van der Waals surface area contributed by atoms with Gasteiger partial charge in [-0.05, 0) is 91.4 Å². The zero-order valence-electron chi connectivity index (χ0n) is 20.4. The molecule has 2 aromatic heterocycles. The Bertz CT molecular complexity index is 1500. The summed E-state index contributed by atoms with van der Waals surface area (Å²) >= 11 is 5.88. The Hall–Kier alpha value is -4.42. The molecular formula is C31H26N4OS. The van der Waals surface area contributed by atoms with E-state index in [-0.39, 0.29) is 12.1 Å². The minimum Gasteiger partial charge on any atom is -0.457 e. The second-order valence-electron chi connectivity index (χ2n) is 9.09. The number of benzene rings is 3. The molecule has 0 aliphatic carbocycles. The maximum Gasteiger partial charge on any atom is 0.174 e. The van der Waals surface area contributed by atoms with Crippen LogP contribution in [0.4, 0.5) is 5.69 Å². The third-order valence-corrected chi connectivity index (χ3v) is 6.90. The lowest BCUT2D eigenvalue weighted by Gasteiger charge is -2.27. The number of aryl methyl sites for hydroxylation is 1. The van der Waals surface area contributed by atoms with Gasteiger partial charge in [0.25, 0.3) is 0 Å². The number of hydrogen-bond acceptors (Lipinski definition) is 3. The van der Waals surface area contributed by atoms with Crippen molar-refractivity contribution >= 4 is 23.0 Å². The predicted octanol–water partition coefficient (Wildman–Crippen LogP) is 7.15. The van der Waals surface area contributed by atoms with Crippen molar-refractivity contribution in [2.24, 2.45) is 0 Å². The lowest BCUT2D eigenvalue weighted by molar-refractivity contribution is 0.482. The lowest BCUT2D eigenvalue weighted by atomic mass is 9.98. The molecule has 3 heterocycles. The van der Waals surface area contributed by atoms with Crippen LogP contribution >= 0.6 is 12.2 Å². The number of aromatic nitrogens is 2. The van der Waals surface area contributed by atoms with Gasteiger partial charge in [-0.3, -0.25) is 4.98 Å². The van der Waals surface area contributed by atoms with Gasteiger partial charge in [0.2, 0.25) is 0 Å². The number of hydrogen-bond donors (Lipinski definition) is 1. The molecule has 182 valence electrons. The average Bonchev–Trinajstić information content (AvgIpc) is 3.56. The zero-order valence-corrected chi connectivity index (χ0v) is 21.2. The predicted molar refractivity (Wildman–Crippen MR) is 151 cm³/mol. The number of pyridine rings is 1. The molecule has 0 spiro atoms. The fourth-order valence-corrected chi connectivity index (χ4v) is 5.08. The molecule has 0 bridgehead atoms. The largest absolute Gasteiger partial charge is 0.457 e.